The number of rotatable bonds is 3. The van der Waals surface area contributed by atoms with E-state index in [9.17, 15) is 10.2 Å². The van der Waals surface area contributed by atoms with Crippen LogP contribution in [0.3, 0.4) is 0 Å². The van der Waals surface area contributed by atoms with Crippen LogP contribution in [0.5, 0.6) is 51.7 Å². The molecular weight excluding hydrogens is 584 g/mol. The molecule has 0 radical (unpaired) electrons. The predicted molar refractivity (Wildman–Crippen MR) is 173 cm³/mol. The van der Waals surface area contributed by atoms with Gasteiger partial charge in [-0.05, 0) is 98.4 Å². The van der Waals surface area contributed by atoms with Gasteiger partial charge in [-0.25, -0.2) is 0 Å². The van der Waals surface area contributed by atoms with E-state index in [1.165, 1.54) is 5.56 Å². The Bertz CT molecular complexity index is 1900. The van der Waals surface area contributed by atoms with Gasteiger partial charge in [0.2, 0.25) is 11.5 Å². The maximum atomic E-state index is 11.2. The number of hydrogen-bond acceptors (Lipinski definition) is 9. The minimum Gasteiger partial charge on any atom is -0.504 e. The van der Waals surface area contributed by atoms with Crippen molar-refractivity contribution < 1.29 is 33.9 Å². The van der Waals surface area contributed by atoms with Crippen LogP contribution in [-0.2, 0) is 25.7 Å². The first-order chi connectivity index (χ1) is 22.3. The summed E-state index contributed by atoms with van der Waals surface area (Å²) in [7, 11) is 9.19. The molecule has 0 spiro atoms. The molecule has 2 unspecified atom stereocenters. The van der Waals surface area contributed by atoms with Crippen molar-refractivity contribution >= 4 is 0 Å². The SMILES string of the molecule is COc1ccc2cc1-c1cc(cc(O)c1O)CC1c3cc4c(cc3CCN1C)Oc1c(OC)c(OC)c3c(c1O4)C(C2)N(C)CC3. The fourth-order valence-corrected chi connectivity index (χ4v) is 7.86. The van der Waals surface area contributed by atoms with Crippen molar-refractivity contribution in [2.24, 2.45) is 0 Å². The molecule has 0 aliphatic carbocycles. The van der Waals surface area contributed by atoms with E-state index < -0.39 is 0 Å². The van der Waals surface area contributed by atoms with Crippen LogP contribution >= 0.6 is 0 Å². The fourth-order valence-electron chi connectivity index (χ4n) is 7.86. The normalized spacial score (nSPS) is 19.7. The van der Waals surface area contributed by atoms with Crippen LogP contribution in [0.25, 0.3) is 11.1 Å². The highest BCUT2D eigenvalue weighted by molar-refractivity contribution is 5.79. The van der Waals surface area contributed by atoms with Gasteiger partial charge in [0.25, 0.3) is 0 Å². The lowest BCUT2D eigenvalue weighted by atomic mass is 9.85. The molecule has 46 heavy (non-hydrogen) atoms. The molecule has 0 amide bonds. The highest BCUT2D eigenvalue weighted by Crippen LogP contribution is 2.60. The molecular formula is C37H38N2O7. The Hall–Kier alpha value is -4.60. The number of hydrogen-bond donors (Lipinski definition) is 2. The number of likely N-dealkylation sites (N-methyl/N-ethyl adjacent to an activating group) is 2. The second-order valence-corrected chi connectivity index (χ2v) is 12.8. The van der Waals surface area contributed by atoms with Gasteiger partial charge in [0.05, 0.1) is 21.3 Å². The highest BCUT2D eigenvalue weighted by Gasteiger charge is 2.40. The predicted octanol–water partition coefficient (Wildman–Crippen LogP) is 6.55. The molecule has 0 saturated heterocycles. The van der Waals surface area contributed by atoms with Crippen molar-refractivity contribution in [3.63, 3.8) is 0 Å². The number of phenolic OH excluding ortho intramolecular Hbond substituents is 2. The van der Waals surface area contributed by atoms with Gasteiger partial charge in [-0.15, -0.1) is 0 Å². The van der Waals surface area contributed by atoms with E-state index in [-0.39, 0.29) is 23.6 Å². The third-order valence-electron chi connectivity index (χ3n) is 10.3. The number of nitrogens with zero attached hydrogens (tertiary/aromatic N) is 2. The summed E-state index contributed by atoms with van der Waals surface area (Å²) in [6.45, 7) is 1.67. The number of ether oxygens (including phenoxy) is 5. The third kappa shape index (κ3) is 4.29. The zero-order chi connectivity index (χ0) is 31.9. The summed E-state index contributed by atoms with van der Waals surface area (Å²) in [4.78, 5) is 4.67. The minimum atomic E-state index is -0.159. The first kappa shape index (κ1) is 28.8. The molecule has 7 bridgehead atoms. The summed E-state index contributed by atoms with van der Waals surface area (Å²) in [5.74, 6) is 4.02. The summed E-state index contributed by atoms with van der Waals surface area (Å²) in [5.41, 5.74) is 7.62. The Morgan fingerprint density at radius 3 is 2.20 bits per heavy atom. The van der Waals surface area contributed by atoms with Gasteiger partial charge in [-0.3, -0.25) is 9.80 Å². The molecule has 0 fully saturated rings. The van der Waals surface area contributed by atoms with Crippen LogP contribution in [0.15, 0.2) is 42.5 Å². The lowest BCUT2D eigenvalue weighted by Crippen LogP contribution is -2.34. The molecule has 0 saturated carbocycles. The monoisotopic (exact) mass is 622 g/mol. The highest BCUT2D eigenvalue weighted by atomic mass is 16.6. The molecule has 4 aliphatic heterocycles. The van der Waals surface area contributed by atoms with Crippen LogP contribution in [0.1, 0.15) is 45.5 Å². The molecule has 0 aromatic heterocycles. The van der Waals surface area contributed by atoms with Crippen LogP contribution < -0.4 is 23.7 Å². The summed E-state index contributed by atoms with van der Waals surface area (Å²) < 4.78 is 31.4. The lowest BCUT2D eigenvalue weighted by Gasteiger charge is -2.39. The van der Waals surface area contributed by atoms with E-state index in [0.717, 1.165) is 59.3 Å². The second-order valence-electron chi connectivity index (χ2n) is 12.8. The van der Waals surface area contributed by atoms with Gasteiger partial charge in [-0.2, -0.15) is 0 Å². The molecule has 9 nitrogen and oxygen atoms in total. The number of aromatic hydroxyl groups is 2. The van der Waals surface area contributed by atoms with Crippen molar-refractivity contribution in [1.29, 1.82) is 0 Å². The van der Waals surface area contributed by atoms with E-state index in [1.54, 1.807) is 27.4 Å². The molecule has 4 aromatic carbocycles. The standard InChI is InChI=1S/C37H38N2O7/c1-38-10-8-21-17-30-31-18-23(21)26(38)15-20-13-25(33(41)28(40)16-20)24-12-19(6-7-29(24)42-3)14-27-32-22(9-11-39(27)2)34(43-4)36(44-5)37(46-30)35(32)45-31/h6-7,12-13,16-18,26-27,40-41H,8-11,14-15H2,1-5H3. The molecule has 4 heterocycles. The molecule has 4 aliphatic rings. The third-order valence-corrected chi connectivity index (χ3v) is 10.3. The van der Waals surface area contributed by atoms with Crippen LogP contribution in [-0.4, -0.2) is 68.5 Å². The van der Waals surface area contributed by atoms with Crippen molar-refractivity contribution in [3.05, 3.63) is 75.8 Å². The average Bonchev–Trinajstić information content (AvgIpc) is 3.06. The van der Waals surface area contributed by atoms with Crippen molar-refractivity contribution in [1.82, 2.24) is 9.80 Å². The van der Waals surface area contributed by atoms with E-state index in [4.69, 9.17) is 23.7 Å². The maximum Gasteiger partial charge on any atom is 0.216 e. The Morgan fingerprint density at radius 2 is 1.41 bits per heavy atom. The molecule has 2 atom stereocenters. The number of methoxy groups -OCH3 is 3. The second kappa shape index (κ2) is 10.7. The zero-order valence-electron chi connectivity index (χ0n) is 26.8. The van der Waals surface area contributed by atoms with E-state index in [0.29, 0.717) is 58.7 Å². The number of benzene rings is 4. The zero-order valence-corrected chi connectivity index (χ0v) is 26.8. The van der Waals surface area contributed by atoms with E-state index in [2.05, 4.69) is 48.2 Å². The Labute approximate surface area is 268 Å². The van der Waals surface area contributed by atoms with Crippen LogP contribution in [0.2, 0.25) is 0 Å². The minimum absolute atomic E-state index is 0.00942. The quantitative estimate of drug-likeness (QED) is 0.218. The van der Waals surface area contributed by atoms with Crippen molar-refractivity contribution in [2.45, 2.75) is 37.8 Å². The molecule has 238 valence electrons. The lowest BCUT2D eigenvalue weighted by molar-refractivity contribution is 0.214. The van der Waals surface area contributed by atoms with Gasteiger partial charge >= 0.3 is 0 Å². The largest absolute Gasteiger partial charge is 0.504 e. The average molecular weight is 623 g/mol. The van der Waals surface area contributed by atoms with E-state index in [1.807, 2.05) is 12.1 Å². The van der Waals surface area contributed by atoms with Crippen molar-refractivity contribution in [2.75, 3.05) is 48.5 Å². The van der Waals surface area contributed by atoms with Gasteiger partial charge in [-0.1, -0.05) is 6.07 Å². The van der Waals surface area contributed by atoms with Crippen LogP contribution in [0.4, 0.5) is 0 Å². The van der Waals surface area contributed by atoms with Gasteiger partial charge in [0.15, 0.2) is 34.5 Å². The smallest absolute Gasteiger partial charge is 0.216 e. The Kier molecular flexibility index (Phi) is 6.74. The molecule has 4 aromatic rings. The van der Waals surface area contributed by atoms with Crippen LogP contribution in [0, 0.1) is 0 Å². The van der Waals surface area contributed by atoms with Gasteiger partial charge in [0.1, 0.15) is 5.75 Å². The first-order valence-electron chi connectivity index (χ1n) is 15.7. The maximum absolute atomic E-state index is 11.2. The Morgan fingerprint density at radius 1 is 0.717 bits per heavy atom. The van der Waals surface area contributed by atoms with Gasteiger partial charge < -0.3 is 33.9 Å². The summed E-state index contributed by atoms with van der Waals surface area (Å²) in [6.07, 6.45) is 2.88. The first-order valence-corrected chi connectivity index (χ1v) is 15.7. The van der Waals surface area contributed by atoms with E-state index >= 15 is 0 Å². The molecule has 9 heteroatoms. The Balaban J connectivity index is 1.43. The number of fused-ring (bicyclic) bond motifs is 5. The van der Waals surface area contributed by atoms with Crippen molar-refractivity contribution in [3.8, 4) is 62.9 Å². The summed E-state index contributed by atoms with van der Waals surface area (Å²) >= 11 is 0. The van der Waals surface area contributed by atoms with Gasteiger partial charge in [0, 0.05) is 47.4 Å². The molecule has 2 N–H and O–H groups in total. The number of phenols is 2. The topological polar surface area (TPSA) is 93.1 Å². The fraction of sp³-hybridized carbons (Fsp3) is 0.351. The summed E-state index contributed by atoms with van der Waals surface area (Å²) in [6, 6.07) is 13.8. The molecule has 8 rings (SSSR count). The summed E-state index contributed by atoms with van der Waals surface area (Å²) in [5, 5.41) is 22.2.